The van der Waals surface area contributed by atoms with Crippen LogP contribution in [0.2, 0.25) is 0 Å². The molecule has 0 radical (unpaired) electrons. The van der Waals surface area contributed by atoms with Gasteiger partial charge in [0.1, 0.15) is 18.2 Å². The lowest BCUT2D eigenvalue weighted by Gasteiger charge is -2.16. The summed E-state index contributed by atoms with van der Waals surface area (Å²) >= 11 is 0. The highest BCUT2D eigenvalue weighted by Gasteiger charge is 2.15. The van der Waals surface area contributed by atoms with Gasteiger partial charge in [0.05, 0.1) is 11.6 Å². The lowest BCUT2D eigenvalue weighted by atomic mass is 10.1. The SMILES string of the molecule is CC(NC(=O)c1ccccc1OCc1ccc(F)cc1)c1ccncc1. The van der Waals surface area contributed by atoms with E-state index in [-0.39, 0.29) is 24.4 Å². The number of nitrogens with zero attached hydrogens (tertiary/aromatic N) is 1. The zero-order valence-electron chi connectivity index (χ0n) is 14.4. The number of amides is 1. The smallest absolute Gasteiger partial charge is 0.255 e. The molecule has 3 rings (SSSR count). The summed E-state index contributed by atoms with van der Waals surface area (Å²) in [6.07, 6.45) is 3.38. The van der Waals surface area contributed by atoms with Crippen LogP contribution < -0.4 is 10.1 Å². The Bertz CT molecular complexity index is 867. The highest BCUT2D eigenvalue weighted by Crippen LogP contribution is 2.21. The molecule has 5 heteroatoms. The minimum Gasteiger partial charge on any atom is -0.488 e. The molecule has 1 atom stereocenters. The molecule has 0 aliphatic rings. The number of carbonyl (C=O) groups is 1. The zero-order chi connectivity index (χ0) is 18.4. The van der Waals surface area contributed by atoms with E-state index in [0.717, 1.165) is 11.1 Å². The fraction of sp³-hybridized carbons (Fsp3) is 0.143. The average Bonchev–Trinajstić information content (AvgIpc) is 2.68. The second-order valence-corrected chi connectivity index (χ2v) is 5.89. The number of halogens is 1. The number of aromatic nitrogens is 1. The van der Waals surface area contributed by atoms with Gasteiger partial charge in [0.15, 0.2) is 0 Å². The van der Waals surface area contributed by atoms with Crippen molar-refractivity contribution in [1.29, 1.82) is 0 Å². The van der Waals surface area contributed by atoms with Gasteiger partial charge >= 0.3 is 0 Å². The molecule has 1 unspecified atom stereocenters. The molecule has 0 aliphatic heterocycles. The molecule has 1 N–H and O–H groups in total. The molecule has 0 saturated carbocycles. The van der Waals surface area contributed by atoms with Crippen molar-refractivity contribution in [2.24, 2.45) is 0 Å². The van der Waals surface area contributed by atoms with Crippen LogP contribution in [0.3, 0.4) is 0 Å². The van der Waals surface area contributed by atoms with Crippen LogP contribution in [0.1, 0.15) is 34.5 Å². The van der Waals surface area contributed by atoms with Gasteiger partial charge in [-0.3, -0.25) is 9.78 Å². The lowest BCUT2D eigenvalue weighted by Crippen LogP contribution is -2.27. The summed E-state index contributed by atoms with van der Waals surface area (Å²) in [4.78, 5) is 16.6. The molecule has 0 fully saturated rings. The van der Waals surface area contributed by atoms with Crippen LogP contribution in [0.5, 0.6) is 5.75 Å². The summed E-state index contributed by atoms with van der Waals surface area (Å²) in [5.41, 5.74) is 2.25. The molecule has 2 aromatic carbocycles. The highest BCUT2D eigenvalue weighted by molar-refractivity contribution is 5.97. The second-order valence-electron chi connectivity index (χ2n) is 5.89. The number of benzene rings is 2. The van der Waals surface area contributed by atoms with E-state index in [9.17, 15) is 9.18 Å². The predicted octanol–water partition coefficient (Wildman–Crippen LogP) is 4.29. The minimum atomic E-state index is -0.293. The van der Waals surface area contributed by atoms with Crippen molar-refractivity contribution in [3.05, 3.63) is 95.6 Å². The number of pyridine rings is 1. The maximum atomic E-state index is 13.0. The van der Waals surface area contributed by atoms with Crippen LogP contribution in [0.15, 0.2) is 73.1 Å². The van der Waals surface area contributed by atoms with Gasteiger partial charge in [-0.15, -0.1) is 0 Å². The van der Waals surface area contributed by atoms with Gasteiger partial charge in [0.25, 0.3) is 5.91 Å². The van der Waals surface area contributed by atoms with Crippen molar-refractivity contribution >= 4 is 5.91 Å². The Labute approximate surface area is 151 Å². The third kappa shape index (κ3) is 4.45. The normalized spacial score (nSPS) is 11.6. The average molecular weight is 350 g/mol. The van der Waals surface area contributed by atoms with Crippen LogP contribution >= 0.6 is 0 Å². The molecule has 1 amide bonds. The summed E-state index contributed by atoms with van der Waals surface area (Å²) in [5, 5.41) is 2.96. The molecule has 3 aromatic rings. The number of hydrogen-bond donors (Lipinski definition) is 1. The summed E-state index contributed by atoms with van der Waals surface area (Å²) in [6.45, 7) is 2.17. The van der Waals surface area contributed by atoms with Crippen LogP contribution in [-0.4, -0.2) is 10.9 Å². The maximum Gasteiger partial charge on any atom is 0.255 e. The van der Waals surface area contributed by atoms with E-state index in [1.54, 1.807) is 42.7 Å². The van der Waals surface area contributed by atoms with E-state index in [1.165, 1.54) is 12.1 Å². The van der Waals surface area contributed by atoms with Crippen LogP contribution in [0.25, 0.3) is 0 Å². The summed E-state index contributed by atoms with van der Waals surface area (Å²) in [6, 6.07) is 16.7. The van der Waals surface area contributed by atoms with E-state index in [0.29, 0.717) is 11.3 Å². The Morgan fingerprint density at radius 3 is 2.50 bits per heavy atom. The van der Waals surface area contributed by atoms with Crippen LogP contribution in [0.4, 0.5) is 4.39 Å². The Balaban J connectivity index is 1.69. The van der Waals surface area contributed by atoms with E-state index in [2.05, 4.69) is 10.3 Å². The first kappa shape index (κ1) is 17.6. The molecule has 0 spiro atoms. The van der Waals surface area contributed by atoms with Crippen molar-refractivity contribution < 1.29 is 13.9 Å². The standard InChI is InChI=1S/C21H19FN2O2/c1-15(17-10-12-23-13-11-17)24-21(25)19-4-2-3-5-20(19)26-14-16-6-8-18(22)9-7-16/h2-13,15H,14H2,1H3,(H,24,25). The number of para-hydroxylation sites is 1. The predicted molar refractivity (Wildman–Crippen MR) is 97.3 cm³/mol. The third-order valence-corrected chi connectivity index (χ3v) is 3.99. The third-order valence-electron chi connectivity index (χ3n) is 3.99. The van der Waals surface area contributed by atoms with Gasteiger partial charge in [-0.1, -0.05) is 24.3 Å². The number of carbonyl (C=O) groups excluding carboxylic acids is 1. The highest BCUT2D eigenvalue weighted by atomic mass is 19.1. The molecule has 0 saturated heterocycles. The molecule has 26 heavy (non-hydrogen) atoms. The summed E-state index contributed by atoms with van der Waals surface area (Å²) < 4.78 is 18.8. The lowest BCUT2D eigenvalue weighted by molar-refractivity contribution is 0.0935. The van der Waals surface area contributed by atoms with E-state index < -0.39 is 0 Å². The van der Waals surface area contributed by atoms with Gasteiger partial charge < -0.3 is 10.1 Å². The Kier molecular flexibility index (Phi) is 5.59. The quantitative estimate of drug-likeness (QED) is 0.721. The van der Waals surface area contributed by atoms with Crippen molar-refractivity contribution in [3.8, 4) is 5.75 Å². The minimum absolute atomic E-state index is 0.157. The summed E-state index contributed by atoms with van der Waals surface area (Å²) in [5.74, 6) is -0.0288. The largest absolute Gasteiger partial charge is 0.488 e. The Hall–Kier alpha value is -3.21. The fourth-order valence-electron chi connectivity index (χ4n) is 2.53. The first-order chi connectivity index (χ1) is 12.6. The van der Waals surface area contributed by atoms with E-state index in [1.807, 2.05) is 25.1 Å². The van der Waals surface area contributed by atoms with Crippen LogP contribution in [-0.2, 0) is 6.61 Å². The zero-order valence-corrected chi connectivity index (χ0v) is 14.4. The number of nitrogens with one attached hydrogen (secondary N) is 1. The van der Waals surface area contributed by atoms with Gasteiger partial charge in [-0.05, 0) is 54.4 Å². The topological polar surface area (TPSA) is 51.2 Å². The molecule has 1 aromatic heterocycles. The van der Waals surface area contributed by atoms with Crippen molar-refractivity contribution in [3.63, 3.8) is 0 Å². The van der Waals surface area contributed by atoms with Gasteiger partial charge in [-0.2, -0.15) is 0 Å². The van der Waals surface area contributed by atoms with Crippen molar-refractivity contribution in [1.82, 2.24) is 10.3 Å². The number of ether oxygens (including phenoxy) is 1. The Morgan fingerprint density at radius 1 is 1.08 bits per heavy atom. The molecule has 1 heterocycles. The van der Waals surface area contributed by atoms with Gasteiger partial charge in [-0.25, -0.2) is 4.39 Å². The van der Waals surface area contributed by atoms with E-state index in [4.69, 9.17) is 4.74 Å². The fourth-order valence-corrected chi connectivity index (χ4v) is 2.53. The summed E-state index contributed by atoms with van der Waals surface area (Å²) in [7, 11) is 0. The molecule has 0 aliphatic carbocycles. The van der Waals surface area contributed by atoms with E-state index >= 15 is 0 Å². The van der Waals surface area contributed by atoms with Crippen molar-refractivity contribution in [2.45, 2.75) is 19.6 Å². The second kappa shape index (κ2) is 8.25. The van der Waals surface area contributed by atoms with Gasteiger partial charge in [0, 0.05) is 12.4 Å². The Morgan fingerprint density at radius 2 is 1.77 bits per heavy atom. The number of rotatable bonds is 6. The maximum absolute atomic E-state index is 13.0. The van der Waals surface area contributed by atoms with Crippen LogP contribution in [0, 0.1) is 5.82 Å². The van der Waals surface area contributed by atoms with Gasteiger partial charge in [0.2, 0.25) is 0 Å². The number of hydrogen-bond acceptors (Lipinski definition) is 3. The molecular formula is C21H19FN2O2. The first-order valence-electron chi connectivity index (χ1n) is 8.30. The molecule has 4 nitrogen and oxygen atoms in total. The molecular weight excluding hydrogens is 331 g/mol. The first-order valence-corrected chi connectivity index (χ1v) is 8.30. The van der Waals surface area contributed by atoms with Crippen molar-refractivity contribution in [2.75, 3.05) is 0 Å². The molecule has 0 bridgehead atoms. The monoisotopic (exact) mass is 350 g/mol. The molecule has 132 valence electrons.